The number of carbonyl (C=O) groups excluding carboxylic acids is 1. The largest absolute Gasteiger partial charge is 0.361 e. The number of aromatic nitrogens is 4. The van der Waals surface area contributed by atoms with Crippen molar-refractivity contribution in [2.75, 3.05) is 13.1 Å². The SMILES string of the molecule is Cc1noc(C)c1CN1CCC2(CC1)O[C@@H](C(=O)NCc1cccnc1)Cn1ccnc12. The van der Waals surface area contributed by atoms with Crippen molar-refractivity contribution in [1.82, 2.24) is 29.9 Å². The van der Waals surface area contributed by atoms with Crippen molar-refractivity contribution in [1.29, 1.82) is 0 Å². The lowest BCUT2D eigenvalue weighted by molar-refractivity contribution is -0.174. The molecule has 0 aromatic carbocycles. The first-order chi connectivity index (χ1) is 15.5. The maximum absolute atomic E-state index is 13.0. The highest BCUT2D eigenvalue weighted by Crippen LogP contribution is 2.40. The fourth-order valence-corrected chi connectivity index (χ4v) is 4.70. The van der Waals surface area contributed by atoms with Crippen LogP contribution in [0.2, 0.25) is 0 Å². The van der Waals surface area contributed by atoms with E-state index in [1.807, 2.05) is 32.2 Å². The van der Waals surface area contributed by atoms with Crippen molar-refractivity contribution >= 4 is 5.91 Å². The molecule has 32 heavy (non-hydrogen) atoms. The molecule has 1 fully saturated rings. The van der Waals surface area contributed by atoms with Gasteiger partial charge < -0.3 is 19.1 Å². The van der Waals surface area contributed by atoms with Crippen molar-refractivity contribution in [3.05, 3.63) is 65.3 Å². The Hall–Kier alpha value is -3.04. The average molecular weight is 437 g/mol. The van der Waals surface area contributed by atoms with E-state index in [2.05, 4.69) is 29.9 Å². The van der Waals surface area contributed by atoms with E-state index >= 15 is 0 Å². The minimum absolute atomic E-state index is 0.106. The van der Waals surface area contributed by atoms with Crippen molar-refractivity contribution in [2.45, 2.75) is 58.0 Å². The third kappa shape index (κ3) is 3.93. The number of ether oxygens (including phenoxy) is 1. The molecule has 2 aliphatic heterocycles. The Labute approximate surface area is 186 Å². The molecule has 2 aliphatic rings. The van der Waals surface area contributed by atoms with Crippen LogP contribution in [0.4, 0.5) is 0 Å². The molecule has 0 bridgehead atoms. The number of likely N-dealkylation sites (tertiary alicyclic amines) is 1. The van der Waals surface area contributed by atoms with Gasteiger partial charge in [0, 0.05) is 56.5 Å². The average Bonchev–Trinajstić information content (AvgIpc) is 3.42. The minimum Gasteiger partial charge on any atom is -0.361 e. The van der Waals surface area contributed by atoms with E-state index in [1.165, 1.54) is 0 Å². The lowest BCUT2D eigenvalue weighted by Gasteiger charge is -2.45. The van der Waals surface area contributed by atoms with Crippen LogP contribution in [0.1, 0.15) is 41.2 Å². The number of nitrogens with zero attached hydrogens (tertiary/aromatic N) is 5. The van der Waals surface area contributed by atoms with E-state index in [4.69, 9.17) is 9.26 Å². The molecular formula is C23H28N6O3. The Morgan fingerprint density at radius 3 is 2.84 bits per heavy atom. The molecule has 1 saturated heterocycles. The first-order valence-corrected chi connectivity index (χ1v) is 11.0. The highest BCUT2D eigenvalue weighted by molar-refractivity contribution is 5.80. The molecule has 3 aromatic rings. The summed E-state index contributed by atoms with van der Waals surface area (Å²) < 4.78 is 13.9. The van der Waals surface area contributed by atoms with Gasteiger partial charge in [-0.15, -0.1) is 0 Å². The number of amides is 1. The number of hydrogen-bond acceptors (Lipinski definition) is 7. The number of piperidine rings is 1. The molecule has 9 nitrogen and oxygen atoms in total. The van der Waals surface area contributed by atoms with Crippen LogP contribution in [0, 0.1) is 13.8 Å². The summed E-state index contributed by atoms with van der Waals surface area (Å²) in [6.45, 7) is 7.34. The normalized spacial score (nSPS) is 20.2. The van der Waals surface area contributed by atoms with Crippen molar-refractivity contribution in [2.24, 2.45) is 0 Å². The zero-order valence-electron chi connectivity index (χ0n) is 18.5. The number of carbonyl (C=O) groups is 1. The van der Waals surface area contributed by atoms with Crippen LogP contribution in [0.15, 0.2) is 41.4 Å². The Kier molecular flexibility index (Phi) is 5.52. The van der Waals surface area contributed by atoms with Crippen molar-refractivity contribution in [3.8, 4) is 0 Å². The van der Waals surface area contributed by atoms with Gasteiger partial charge in [0.15, 0.2) is 6.10 Å². The van der Waals surface area contributed by atoms with Gasteiger partial charge in [-0.25, -0.2) is 4.98 Å². The zero-order valence-corrected chi connectivity index (χ0v) is 18.5. The highest BCUT2D eigenvalue weighted by Gasteiger charge is 2.47. The van der Waals surface area contributed by atoms with Crippen molar-refractivity contribution < 1.29 is 14.1 Å². The third-order valence-electron chi connectivity index (χ3n) is 6.56. The Morgan fingerprint density at radius 2 is 2.12 bits per heavy atom. The predicted molar refractivity (Wildman–Crippen MR) is 115 cm³/mol. The van der Waals surface area contributed by atoms with E-state index < -0.39 is 11.7 Å². The molecule has 5 heterocycles. The van der Waals surface area contributed by atoms with Gasteiger partial charge in [0.25, 0.3) is 5.91 Å². The summed E-state index contributed by atoms with van der Waals surface area (Å²) >= 11 is 0. The summed E-state index contributed by atoms with van der Waals surface area (Å²) in [5, 5.41) is 7.07. The second kappa shape index (κ2) is 8.48. The predicted octanol–water partition coefficient (Wildman–Crippen LogP) is 2.09. The van der Waals surface area contributed by atoms with Crippen LogP contribution < -0.4 is 5.32 Å². The number of hydrogen-bond donors (Lipinski definition) is 1. The molecular weight excluding hydrogens is 408 g/mol. The van der Waals surface area contributed by atoms with E-state index in [9.17, 15) is 4.79 Å². The van der Waals surface area contributed by atoms with Gasteiger partial charge in [-0.2, -0.15) is 0 Å². The van der Waals surface area contributed by atoms with Crippen LogP contribution >= 0.6 is 0 Å². The summed E-state index contributed by atoms with van der Waals surface area (Å²) in [7, 11) is 0. The fraction of sp³-hybridized carbons (Fsp3) is 0.478. The second-order valence-electron chi connectivity index (χ2n) is 8.66. The van der Waals surface area contributed by atoms with Gasteiger partial charge in [0.05, 0.1) is 12.2 Å². The first kappa shape index (κ1) is 20.8. The Bertz CT molecular complexity index is 1060. The zero-order chi connectivity index (χ0) is 22.1. The maximum Gasteiger partial charge on any atom is 0.251 e. The monoisotopic (exact) mass is 436 g/mol. The summed E-state index contributed by atoms with van der Waals surface area (Å²) in [5.74, 6) is 1.69. The Morgan fingerprint density at radius 1 is 1.28 bits per heavy atom. The molecule has 1 N–H and O–H groups in total. The van der Waals surface area contributed by atoms with Gasteiger partial charge in [0.2, 0.25) is 0 Å². The maximum atomic E-state index is 13.0. The molecule has 3 aromatic heterocycles. The van der Waals surface area contributed by atoms with Gasteiger partial charge >= 0.3 is 0 Å². The van der Waals surface area contributed by atoms with Gasteiger partial charge in [0.1, 0.15) is 17.2 Å². The van der Waals surface area contributed by atoms with E-state index in [-0.39, 0.29) is 5.91 Å². The van der Waals surface area contributed by atoms with E-state index in [1.54, 1.807) is 18.6 Å². The van der Waals surface area contributed by atoms with Crippen LogP contribution in [-0.4, -0.2) is 49.7 Å². The molecule has 0 saturated carbocycles. The first-order valence-electron chi connectivity index (χ1n) is 11.0. The standard InChI is InChI=1S/C23H28N6O3/c1-16-19(17(2)32-27-16)14-28-9-5-23(6-10-28)22-25-8-11-29(22)15-20(31-23)21(30)26-13-18-4-3-7-24-12-18/h3-4,7-8,11-12,20H,5-6,9-10,13-15H2,1-2H3,(H,26,30)/t20-/m1/s1. The van der Waals surface area contributed by atoms with Crippen LogP contribution in [0.5, 0.6) is 0 Å². The van der Waals surface area contributed by atoms with Gasteiger partial charge in [-0.05, 0) is 38.3 Å². The lowest BCUT2D eigenvalue weighted by atomic mass is 9.88. The van der Waals surface area contributed by atoms with Crippen LogP contribution in [0.3, 0.4) is 0 Å². The van der Waals surface area contributed by atoms with Gasteiger partial charge in [-0.1, -0.05) is 11.2 Å². The molecule has 5 rings (SSSR count). The fourth-order valence-electron chi connectivity index (χ4n) is 4.70. The molecule has 1 spiro atoms. The number of nitrogens with one attached hydrogen (secondary N) is 1. The third-order valence-corrected chi connectivity index (χ3v) is 6.56. The minimum atomic E-state index is -0.553. The summed E-state index contributed by atoms with van der Waals surface area (Å²) in [6.07, 6.45) is 8.22. The molecule has 0 aliphatic carbocycles. The topological polar surface area (TPSA) is 98.3 Å². The molecule has 0 radical (unpaired) electrons. The second-order valence-corrected chi connectivity index (χ2v) is 8.66. The van der Waals surface area contributed by atoms with Crippen LogP contribution in [-0.2, 0) is 34.8 Å². The number of fused-ring (bicyclic) bond motifs is 2. The number of rotatable bonds is 5. The molecule has 1 atom stereocenters. The molecule has 168 valence electrons. The molecule has 0 unspecified atom stereocenters. The number of imidazole rings is 1. The quantitative estimate of drug-likeness (QED) is 0.654. The number of aryl methyl sites for hydroxylation is 2. The van der Waals surface area contributed by atoms with E-state index in [0.717, 1.165) is 60.9 Å². The highest BCUT2D eigenvalue weighted by atomic mass is 16.5. The van der Waals surface area contributed by atoms with Crippen molar-refractivity contribution in [3.63, 3.8) is 0 Å². The summed E-state index contributed by atoms with van der Waals surface area (Å²) in [6, 6.07) is 3.81. The van der Waals surface area contributed by atoms with Gasteiger partial charge in [-0.3, -0.25) is 14.7 Å². The lowest BCUT2D eigenvalue weighted by Crippen LogP contribution is -2.53. The Balaban J connectivity index is 1.27. The van der Waals surface area contributed by atoms with E-state index in [0.29, 0.717) is 13.1 Å². The number of pyridine rings is 1. The van der Waals surface area contributed by atoms with Crippen LogP contribution in [0.25, 0.3) is 0 Å². The molecule has 9 heteroatoms. The summed E-state index contributed by atoms with van der Waals surface area (Å²) in [5.41, 5.74) is 2.51. The summed E-state index contributed by atoms with van der Waals surface area (Å²) in [4.78, 5) is 24.1. The molecule has 1 amide bonds. The smallest absolute Gasteiger partial charge is 0.251 e.